The van der Waals surface area contributed by atoms with Crippen molar-refractivity contribution in [3.63, 3.8) is 0 Å². The first-order chi connectivity index (χ1) is 17.7. The summed E-state index contributed by atoms with van der Waals surface area (Å²) in [5, 5.41) is 0. The summed E-state index contributed by atoms with van der Waals surface area (Å²) < 4.78 is 100. The lowest BCUT2D eigenvalue weighted by atomic mass is 9.85. The molecule has 3 nitrogen and oxygen atoms in total. The summed E-state index contributed by atoms with van der Waals surface area (Å²) >= 11 is 0. The molecule has 10 heteroatoms. The van der Waals surface area contributed by atoms with Crippen LogP contribution >= 0.6 is 0 Å². The van der Waals surface area contributed by atoms with Crippen LogP contribution in [0.5, 0.6) is 5.75 Å². The van der Waals surface area contributed by atoms with Gasteiger partial charge in [-0.25, -0.2) is 4.39 Å². The zero-order valence-electron chi connectivity index (χ0n) is 20.7. The van der Waals surface area contributed by atoms with Crippen LogP contribution in [0.1, 0.15) is 43.7 Å². The standard InChI is InChI=1S/C28H25F7O3/c1-4-16(2)11-23(26(36)37-3)21-13-19(17-5-8-22(9-6-17)27(30,31)32)12-20(14-21)18-7-10-25(24(29)15-18)38-28(33,34)35/h5-10,12-16,23H,4,11H2,1-3H3. The lowest BCUT2D eigenvalue weighted by Crippen LogP contribution is -2.18. The second-order valence-electron chi connectivity index (χ2n) is 8.94. The average Bonchev–Trinajstić information content (AvgIpc) is 2.86. The van der Waals surface area contributed by atoms with E-state index in [1.54, 1.807) is 18.2 Å². The summed E-state index contributed by atoms with van der Waals surface area (Å²) in [5.74, 6) is -3.41. The fraction of sp³-hybridized carbons (Fsp3) is 0.321. The molecule has 3 rings (SSSR count). The summed E-state index contributed by atoms with van der Waals surface area (Å²) in [6.07, 6.45) is -8.44. The number of esters is 1. The van der Waals surface area contributed by atoms with Gasteiger partial charge < -0.3 is 9.47 Å². The number of carbonyl (C=O) groups is 1. The van der Waals surface area contributed by atoms with Gasteiger partial charge in [0.1, 0.15) is 0 Å². The zero-order valence-corrected chi connectivity index (χ0v) is 20.7. The second kappa shape index (κ2) is 11.4. The van der Waals surface area contributed by atoms with Crippen LogP contribution in [-0.4, -0.2) is 19.4 Å². The van der Waals surface area contributed by atoms with Crippen LogP contribution in [0, 0.1) is 11.7 Å². The Morgan fingerprint density at radius 1 is 0.842 bits per heavy atom. The Balaban J connectivity index is 2.17. The van der Waals surface area contributed by atoms with Crippen molar-refractivity contribution in [1.82, 2.24) is 0 Å². The molecule has 204 valence electrons. The summed E-state index contributed by atoms with van der Waals surface area (Å²) in [4.78, 5) is 12.7. The number of benzene rings is 3. The minimum absolute atomic E-state index is 0.119. The van der Waals surface area contributed by atoms with Crippen LogP contribution in [0.2, 0.25) is 0 Å². The molecule has 0 radical (unpaired) electrons. The first-order valence-electron chi connectivity index (χ1n) is 11.7. The number of methoxy groups -OCH3 is 1. The fourth-order valence-electron chi connectivity index (χ4n) is 4.01. The highest BCUT2D eigenvalue weighted by Crippen LogP contribution is 2.37. The van der Waals surface area contributed by atoms with E-state index in [2.05, 4.69) is 4.74 Å². The van der Waals surface area contributed by atoms with Crippen molar-refractivity contribution in [2.45, 2.75) is 45.1 Å². The molecule has 38 heavy (non-hydrogen) atoms. The number of rotatable bonds is 8. The third kappa shape index (κ3) is 7.26. The Hall–Kier alpha value is -3.56. The first kappa shape index (κ1) is 29.0. The van der Waals surface area contributed by atoms with Crippen LogP contribution in [0.25, 0.3) is 22.3 Å². The quantitative estimate of drug-likeness (QED) is 0.211. The predicted molar refractivity (Wildman–Crippen MR) is 128 cm³/mol. The van der Waals surface area contributed by atoms with Crippen molar-refractivity contribution in [3.8, 4) is 28.0 Å². The van der Waals surface area contributed by atoms with Crippen molar-refractivity contribution in [2.75, 3.05) is 7.11 Å². The van der Waals surface area contributed by atoms with Crippen LogP contribution in [0.3, 0.4) is 0 Å². The van der Waals surface area contributed by atoms with Gasteiger partial charge in [-0.3, -0.25) is 4.79 Å². The van der Waals surface area contributed by atoms with Gasteiger partial charge in [-0.05, 0) is 70.5 Å². The molecule has 0 aliphatic carbocycles. The lowest BCUT2D eigenvalue weighted by molar-refractivity contribution is -0.275. The van der Waals surface area contributed by atoms with Gasteiger partial charge in [0.05, 0.1) is 18.6 Å². The smallest absolute Gasteiger partial charge is 0.469 e. The van der Waals surface area contributed by atoms with E-state index >= 15 is 0 Å². The molecule has 0 saturated carbocycles. The van der Waals surface area contributed by atoms with E-state index in [-0.39, 0.29) is 11.5 Å². The van der Waals surface area contributed by atoms with Gasteiger partial charge in [-0.1, -0.05) is 50.6 Å². The summed E-state index contributed by atoms with van der Waals surface area (Å²) in [7, 11) is 1.24. The largest absolute Gasteiger partial charge is 0.573 e. The molecule has 0 saturated heterocycles. The molecular formula is C28H25F7O3. The van der Waals surface area contributed by atoms with Gasteiger partial charge >= 0.3 is 18.5 Å². The maximum atomic E-state index is 14.5. The molecule has 2 atom stereocenters. The van der Waals surface area contributed by atoms with Crippen molar-refractivity contribution in [1.29, 1.82) is 0 Å². The van der Waals surface area contributed by atoms with E-state index in [0.717, 1.165) is 30.7 Å². The minimum Gasteiger partial charge on any atom is -0.469 e. The zero-order chi connectivity index (χ0) is 28.3. The van der Waals surface area contributed by atoms with Gasteiger partial charge in [-0.2, -0.15) is 13.2 Å². The number of ether oxygens (including phenoxy) is 2. The Morgan fingerprint density at radius 2 is 1.42 bits per heavy atom. The van der Waals surface area contributed by atoms with E-state index in [0.29, 0.717) is 28.7 Å². The highest BCUT2D eigenvalue weighted by atomic mass is 19.4. The SMILES string of the molecule is CCC(C)CC(C(=O)OC)c1cc(-c2ccc(C(F)(F)F)cc2)cc(-c2ccc(OC(F)(F)F)c(F)c2)c1. The predicted octanol–water partition coefficient (Wildman–Crippen LogP) is 8.77. The number of hydrogen-bond acceptors (Lipinski definition) is 3. The van der Waals surface area contributed by atoms with Crippen molar-refractivity contribution in [2.24, 2.45) is 5.92 Å². The Morgan fingerprint density at radius 3 is 1.92 bits per heavy atom. The molecule has 0 bridgehead atoms. The third-order valence-electron chi connectivity index (χ3n) is 6.21. The maximum absolute atomic E-state index is 14.5. The molecule has 3 aromatic rings. The average molecular weight is 542 g/mol. The van der Waals surface area contributed by atoms with Crippen molar-refractivity contribution < 1.29 is 45.0 Å². The van der Waals surface area contributed by atoms with Crippen molar-refractivity contribution >= 4 is 5.97 Å². The van der Waals surface area contributed by atoms with Crippen LogP contribution in [0.15, 0.2) is 60.7 Å². The Labute approximate surface area is 215 Å². The number of alkyl halides is 6. The molecule has 0 amide bonds. The monoisotopic (exact) mass is 542 g/mol. The highest BCUT2D eigenvalue weighted by molar-refractivity contribution is 5.82. The number of carbonyl (C=O) groups excluding carboxylic acids is 1. The molecule has 0 aliphatic rings. The second-order valence-corrected chi connectivity index (χ2v) is 8.94. The normalized spacial score (nSPS) is 13.6. The number of hydrogen-bond donors (Lipinski definition) is 0. The van der Waals surface area contributed by atoms with Gasteiger partial charge in [-0.15, -0.1) is 13.2 Å². The molecule has 2 unspecified atom stereocenters. The molecule has 0 heterocycles. The van der Waals surface area contributed by atoms with E-state index in [1.165, 1.54) is 25.3 Å². The molecule has 0 aromatic heterocycles. The Kier molecular flexibility index (Phi) is 8.74. The summed E-state index contributed by atoms with van der Waals surface area (Å²) in [6.45, 7) is 3.90. The third-order valence-corrected chi connectivity index (χ3v) is 6.21. The van der Waals surface area contributed by atoms with Crippen LogP contribution < -0.4 is 4.74 Å². The summed E-state index contributed by atoms with van der Waals surface area (Å²) in [6, 6.07) is 12.1. The Bertz CT molecular complexity index is 1260. The highest BCUT2D eigenvalue weighted by Gasteiger charge is 2.33. The van der Waals surface area contributed by atoms with Crippen molar-refractivity contribution in [3.05, 3.63) is 77.6 Å². The molecule has 0 spiro atoms. The molecule has 0 N–H and O–H groups in total. The molecule has 0 aliphatic heterocycles. The molecular weight excluding hydrogens is 517 g/mol. The van der Waals surface area contributed by atoms with Gasteiger partial charge in [0.15, 0.2) is 11.6 Å². The van der Waals surface area contributed by atoms with Gasteiger partial charge in [0, 0.05) is 0 Å². The lowest BCUT2D eigenvalue weighted by Gasteiger charge is -2.21. The van der Waals surface area contributed by atoms with E-state index in [4.69, 9.17) is 4.74 Å². The van der Waals surface area contributed by atoms with Gasteiger partial charge in [0.25, 0.3) is 0 Å². The van der Waals surface area contributed by atoms with Crippen LogP contribution in [-0.2, 0) is 15.7 Å². The number of halogens is 7. The minimum atomic E-state index is -5.08. The topological polar surface area (TPSA) is 35.5 Å². The van der Waals surface area contributed by atoms with Gasteiger partial charge in [0.2, 0.25) is 0 Å². The molecule has 0 fully saturated rings. The van der Waals surface area contributed by atoms with E-state index in [9.17, 15) is 35.5 Å². The van der Waals surface area contributed by atoms with E-state index in [1.807, 2.05) is 13.8 Å². The van der Waals surface area contributed by atoms with Crippen LogP contribution in [0.4, 0.5) is 30.7 Å². The van der Waals surface area contributed by atoms with E-state index < -0.39 is 41.6 Å². The maximum Gasteiger partial charge on any atom is 0.573 e. The fourth-order valence-corrected chi connectivity index (χ4v) is 4.01. The molecule has 3 aromatic carbocycles. The summed E-state index contributed by atoms with van der Waals surface area (Å²) in [5.41, 5.74) is 0.975. The first-order valence-corrected chi connectivity index (χ1v) is 11.7.